The molecule has 1 aliphatic heterocycles. The van der Waals surface area contributed by atoms with E-state index in [2.05, 4.69) is 17.0 Å². The van der Waals surface area contributed by atoms with Crippen LogP contribution in [0, 0.1) is 0 Å². The molecule has 0 bridgehead atoms. The molecule has 1 unspecified atom stereocenters. The molecule has 1 heterocycles. The summed E-state index contributed by atoms with van der Waals surface area (Å²) in [6, 6.07) is 7.27. The highest BCUT2D eigenvalue weighted by molar-refractivity contribution is 5.45. The highest BCUT2D eigenvalue weighted by Crippen LogP contribution is 2.27. The Morgan fingerprint density at radius 1 is 1.06 bits per heavy atom. The maximum atomic E-state index is 5.85. The average Bonchev–Trinajstić information content (AvgIpc) is 2.39. The van der Waals surface area contributed by atoms with Crippen LogP contribution in [0.3, 0.4) is 0 Å². The fourth-order valence-corrected chi connectivity index (χ4v) is 2.98. The zero-order valence-corrected chi connectivity index (χ0v) is 9.78. The molecule has 0 spiro atoms. The second-order valence-corrected chi connectivity index (χ2v) is 5.15. The van der Waals surface area contributed by atoms with E-state index in [4.69, 9.17) is 5.73 Å². The van der Waals surface area contributed by atoms with Crippen LogP contribution < -0.4 is 5.73 Å². The van der Waals surface area contributed by atoms with Crippen molar-refractivity contribution in [3.05, 3.63) is 29.3 Å². The second kappa shape index (κ2) is 4.10. The number of hydrogen-bond donors (Lipinski definition) is 1. The number of nitrogen functional groups attached to an aromatic ring is 1. The lowest BCUT2D eigenvalue weighted by Gasteiger charge is -2.38. The molecule has 0 saturated carbocycles. The number of nitrogens with zero attached hydrogens (tertiary/aromatic N) is 1. The van der Waals surface area contributed by atoms with Gasteiger partial charge in [-0.3, -0.25) is 0 Å². The van der Waals surface area contributed by atoms with E-state index in [1.807, 2.05) is 6.07 Å². The van der Waals surface area contributed by atoms with Crippen molar-refractivity contribution in [2.45, 2.75) is 38.1 Å². The van der Waals surface area contributed by atoms with Crippen molar-refractivity contribution in [3.8, 4) is 0 Å². The molecule has 1 saturated heterocycles. The fourth-order valence-electron chi connectivity index (χ4n) is 2.98. The first kappa shape index (κ1) is 10.2. The zero-order chi connectivity index (χ0) is 11.0. The molecule has 2 aliphatic rings. The molecule has 2 N–H and O–H groups in total. The van der Waals surface area contributed by atoms with Gasteiger partial charge < -0.3 is 10.6 Å². The van der Waals surface area contributed by atoms with Gasteiger partial charge in [0, 0.05) is 11.7 Å². The van der Waals surface area contributed by atoms with Gasteiger partial charge in [-0.25, -0.2) is 0 Å². The Kier molecular flexibility index (Phi) is 2.60. The third kappa shape index (κ3) is 1.82. The van der Waals surface area contributed by atoms with E-state index in [9.17, 15) is 0 Å². The van der Waals surface area contributed by atoms with Gasteiger partial charge in [-0.05, 0) is 68.5 Å². The molecule has 1 aliphatic carbocycles. The highest BCUT2D eigenvalue weighted by atomic mass is 15.2. The third-order valence-electron chi connectivity index (χ3n) is 4.13. The SMILES string of the molecule is Nc1ccc2c(c1)CCC(N1CCC1)CC2. The number of fused-ring (bicyclic) bond motifs is 1. The maximum Gasteiger partial charge on any atom is 0.0316 e. The number of likely N-dealkylation sites (tertiary alicyclic amines) is 1. The predicted octanol–water partition coefficient (Wildman–Crippen LogP) is 2.22. The van der Waals surface area contributed by atoms with Crippen molar-refractivity contribution in [2.75, 3.05) is 18.8 Å². The van der Waals surface area contributed by atoms with Crippen LogP contribution in [0.15, 0.2) is 18.2 Å². The minimum absolute atomic E-state index is 0.822. The molecular formula is C14H20N2. The first-order valence-electron chi connectivity index (χ1n) is 6.44. The molecule has 0 aromatic heterocycles. The summed E-state index contributed by atoms with van der Waals surface area (Å²) in [5.74, 6) is 0. The van der Waals surface area contributed by atoms with Crippen LogP contribution in [0.1, 0.15) is 30.4 Å². The summed E-state index contributed by atoms with van der Waals surface area (Å²) in [4.78, 5) is 2.65. The molecule has 86 valence electrons. The Bertz CT molecular complexity index is 382. The summed E-state index contributed by atoms with van der Waals surface area (Å²) in [5, 5.41) is 0. The van der Waals surface area contributed by atoms with Crippen molar-refractivity contribution in [3.63, 3.8) is 0 Å². The van der Waals surface area contributed by atoms with Gasteiger partial charge in [0.2, 0.25) is 0 Å². The Balaban J connectivity index is 1.76. The summed E-state index contributed by atoms with van der Waals surface area (Å²) in [6.07, 6.45) is 6.49. The Morgan fingerprint density at radius 2 is 1.81 bits per heavy atom. The van der Waals surface area contributed by atoms with Crippen molar-refractivity contribution in [1.29, 1.82) is 0 Å². The predicted molar refractivity (Wildman–Crippen MR) is 67.5 cm³/mol. The van der Waals surface area contributed by atoms with Gasteiger partial charge in [0.15, 0.2) is 0 Å². The fraction of sp³-hybridized carbons (Fsp3) is 0.571. The Labute approximate surface area is 97.4 Å². The van der Waals surface area contributed by atoms with E-state index in [0.29, 0.717) is 0 Å². The number of hydrogen-bond acceptors (Lipinski definition) is 2. The molecule has 1 atom stereocenters. The number of benzene rings is 1. The van der Waals surface area contributed by atoms with Crippen molar-refractivity contribution in [1.82, 2.24) is 4.90 Å². The molecule has 1 aromatic rings. The highest BCUT2D eigenvalue weighted by Gasteiger charge is 2.25. The topological polar surface area (TPSA) is 29.3 Å². The van der Waals surface area contributed by atoms with E-state index in [1.54, 1.807) is 0 Å². The van der Waals surface area contributed by atoms with Crippen LogP contribution in [0.2, 0.25) is 0 Å². The van der Waals surface area contributed by atoms with Crippen molar-refractivity contribution in [2.24, 2.45) is 0 Å². The first-order valence-corrected chi connectivity index (χ1v) is 6.44. The van der Waals surface area contributed by atoms with Gasteiger partial charge >= 0.3 is 0 Å². The first-order chi connectivity index (χ1) is 7.83. The molecule has 16 heavy (non-hydrogen) atoms. The van der Waals surface area contributed by atoms with E-state index < -0.39 is 0 Å². The summed E-state index contributed by atoms with van der Waals surface area (Å²) >= 11 is 0. The maximum absolute atomic E-state index is 5.85. The number of anilines is 1. The molecule has 1 aromatic carbocycles. The van der Waals surface area contributed by atoms with Gasteiger partial charge in [0.1, 0.15) is 0 Å². The lowest BCUT2D eigenvalue weighted by Crippen LogP contribution is -2.45. The number of rotatable bonds is 1. The number of nitrogens with two attached hydrogens (primary N) is 1. The minimum Gasteiger partial charge on any atom is -0.399 e. The van der Waals surface area contributed by atoms with Crippen LogP contribution in [-0.4, -0.2) is 24.0 Å². The molecule has 1 fully saturated rings. The van der Waals surface area contributed by atoms with Crippen molar-refractivity contribution < 1.29 is 0 Å². The Hall–Kier alpha value is -1.02. The van der Waals surface area contributed by atoms with Crippen LogP contribution >= 0.6 is 0 Å². The molecule has 2 heteroatoms. The standard InChI is InChI=1S/C14H20N2/c15-13-5-2-11-3-6-14(16-8-1-9-16)7-4-12(11)10-13/h2,5,10,14H,1,3-4,6-9,15H2. The molecular weight excluding hydrogens is 196 g/mol. The summed E-state index contributed by atoms with van der Waals surface area (Å²) in [7, 11) is 0. The third-order valence-corrected chi connectivity index (χ3v) is 4.13. The quantitative estimate of drug-likeness (QED) is 0.576. The van der Waals surface area contributed by atoms with E-state index in [1.165, 1.54) is 56.3 Å². The van der Waals surface area contributed by atoms with Crippen LogP contribution in [-0.2, 0) is 12.8 Å². The largest absolute Gasteiger partial charge is 0.399 e. The van der Waals surface area contributed by atoms with E-state index >= 15 is 0 Å². The minimum atomic E-state index is 0.822. The molecule has 2 nitrogen and oxygen atoms in total. The van der Waals surface area contributed by atoms with Gasteiger partial charge in [0.25, 0.3) is 0 Å². The molecule has 0 radical (unpaired) electrons. The van der Waals surface area contributed by atoms with Gasteiger partial charge in [-0.2, -0.15) is 0 Å². The Morgan fingerprint density at radius 3 is 2.50 bits per heavy atom. The van der Waals surface area contributed by atoms with E-state index in [-0.39, 0.29) is 0 Å². The van der Waals surface area contributed by atoms with Crippen LogP contribution in [0.5, 0.6) is 0 Å². The lowest BCUT2D eigenvalue weighted by atomic mass is 10.0. The number of aryl methyl sites for hydroxylation is 2. The summed E-state index contributed by atoms with van der Waals surface area (Å²) in [5.41, 5.74) is 9.79. The van der Waals surface area contributed by atoms with Crippen LogP contribution in [0.4, 0.5) is 5.69 Å². The molecule has 3 rings (SSSR count). The van der Waals surface area contributed by atoms with Crippen molar-refractivity contribution >= 4 is 5.69 Å². The smallest absolute Gasteiger partial charge is 0.0316 e. The normalized spacial score (nSPS) is 25.6. The van der Waals surface area contributed by atoms with E-state index in [0.717, 1.165) is 11.7 Å². The van der Waals surface area contributed by atoms with Gasteiger partial charge in [-0.15, -0.1) is 0 Å². The zero-order valence-electron chi connectivity index (χ0n) is 9.78. The van der Waals surface area contributed by atoms with Gasteiger partial charge in [0.05, 0.1) is 0 Å². The molecule has 0 amide bonds. The van der Waals surface area contributed by atoms with Gasteiger partial charge in [-0.1, -0.05) is 6.07 Å². The monoisotopic (exact) mass is 216 g/mol. The summed E-state index contributed by atoms with van der Waals surface area (Å²) < 4.78 is 0. The lowest BCUT2D eigenvalue weighted by molar-refractivity contribution is 0.107. The second-order valence-electron chi connectivity index (χ2n) is 5.15. The van der Waals surface area contributed by atoms with Crippen LogP contribution in [0.25, 0.3) is 0 Å². The summed E-state index contributed by atoms with van der Waals surface area (Å²) in [6.45, 7) is 2.65. The average molecular weight is 216 g/mol.